The second kappa shape index (κ2) is 5.34. The van der Waals surface area contributed by atoms with Gasteiger partial charge in [-0.1, -0.05) is 20.8 Å². The molecule has 0 aliphatic carbocycles. The second-order valence-electron chi connectivity index (χ2n) is 5.66. The lowest BCUT2D eigenvalue weighted by molar-refractivity contribution is 0.0454. The summed E-state index contributed by atoms with van der Waals surface area (Å²) in [6, 6.07) is 1.22. The Morgan fingerprint density at radius 2 is 2.00 bits per heavy atom. The molecular formula is C12H20N2O4S. The molecule has 0 aliphatic heterocycles. The Labute approximate surface area is 113 Å². The minimum Gasteiger partial charge on any atom is -0.461 e. The van der Waals surface area contributed by atoms with Crippen molar-refractivity contribution in [2.75, 3.05) is 6.61 Å². The van der Waals surface area contributed by atoms with Crippen LogP contribution in [0.3, 0.4) is 0 Å². The molecular weight excluding hydrogens is 268 g/mol. The van der Waals surface area contributed by atoms with Gasteiger partial charge in [-0.3, -0.25) is 0 Å². The van der Waals surface area contributed by atoms with Gasteiger partial charge in [0.1, 0.15) is 10.6 Å². The first-order valence-electron chi connectivity index (χ1n) is 5.87. The Balaban J connectivity index is 2.76. The third-order valence-corrected chi connectivity index (χ3v) is 3.48. The Morgan fingerprint density at radius 1 is 1.42 bits per heavy atom. The Kier molecular flexibility index (Phi) is 4.42. The predicted molar refractivity (Wildman–Crippen MR) is 71.1 cm³/mol. The highest BCUT2D eigenvalue weighted by Gasteiger charge is 2.19. The van der Waals surface area contributed by atoms with E-state index in [1.807, 2.05) is 20.8 Å². The fourth-order valence-electron chi connectivity index (χ4n) is 1.42. The number of hydrogen-bond donors (Lipinski definition) is 1. The van der Waals surface area contributed by atoms with Gasteiger partial charge in [-0.2, -0.15) is 0 Å². The van der Waals surface area contributed by atoms with Crippen molar-refractivity contribution in [3.8, 4) is 0 Å². The normalized spacial score (nSPS) is 12.5. The maximum atomic E-state index is 11.8. The third kappa shape index (κ3) is 4.68. The lowest BCUT2D eigenvalue weighted by atomic mass is 9.93. The van der Waals surface area contributed by atoms with Crippen LogP contribution in [0, 0.1) is 5.41 Å². The molecule has 7 heteroatoms. The van der Waals surface area contributed by atoms with Crippen LogP contribution in [0.25, 0.3) is 0 Å². The number of rotatable bonds is 4. The first-order valence-corrected chi connectivity index (χ1v) is 7.42. The van der Waals surface area contributed by atoms with E-state index in [9.17, 15) is 13.2 Å². The van der Waals surface area contributed by atoms with Crippen LogP contribution < -0.4 is 5.14 Å². The van der Waals surface area contributed by atoms with E-state index in [1.165, 1.54) is 16.8 Å². The minimum absolute atomic E-state index is 0.0697. The van der Waals surface area contributed by atoms with Gasteiger partial charge in [0.15, 0.2) is 0 Å². The predicted octanol–water partition coefficient (Wildman–Crippen LogP) is 1.27. The van der Waals surface area contributed by atoms with Crippen LogP contribution in [0.4, 0.5) is 0 Å². The molecule has 1 aromatic heterocycles. The number of carbonyl (C=O) groups excluding carboxylic acids is 1. The monoisotopic (exact) mass is 288 g/mol. The van der Waals surface area contributed by atoms with Gasteiger partial charge in [0.05, 0.1) is 6.61 Å². The molecule has 0 bridgehead atoms. The smallest absolute Gasteiger partial charge is 0.354 e. The standard InChI is InChI=1S/C12H20N2O4S/c1-12(2,3)5-6-18-11(15)10-7-9(8-14(10)4)19(13,16)17/h7-8H,5-6H2,1-4H3,(H2,13,16,17). The molecule has 0 aromatic carbocycles. The number of carbonyl (C=O) groups is 1. The molecule has 0 atom stereocenters. The number of sulfonamides is 1. The van der Waals surface area contributed by atoms with Crippen molar-refractivity contribution in [3.05, 3.63) is 18.0 Å². The van der Waals surface area contributed by atoms with E-state index in [-0.39, 0.29) is 22.6 Å². The van der Waals surface area contributed by atoms with Gasteiger partial charge < -0.3 is 9.30 Å². The summed E-state index contributed by atoms with van der Waals surface area (Å²) in [6.45, 7) is 6.42. The number of primary sulfonamides is 1. The Hall–Kier alpha value is -1.34. The van der Waals surface area contributed by atoms with Gasteiger partial charge in [-0.15, -0.1) is 0 Å². The lowest BCUT2D eigenvalue weighted by Crippen LogP contribution is -2.15. The lowest BCUT2D eigenvalue weighted by Gasteiger charge is -2.17. The number of ether oxygens (including phenoxy) is 1. The molecule has 19 heavy (non-hydrogen) atoms. The number of nitrogens with zero attached hydrogens (tertiary/aromatic N) is 1. The van der Waals surface area contributed by atoms with Crippen LogP contribution in [0.2, 0.25) is 0 Å². The average molecular weight is 288 g/mol. The molecule has 0 saturated heterocycles. The van der Waals surface area contributed by atoms with Crippen LogP contribution in [0.1, 0.15) is 37.7 Å². The number of nitrogens with two attached hydrogens (primary N) is 1. The van der Waals surface area contributed by atoms with E-state index in [0.29, 0.717) is 0 Å². The summed E-state index contributed by atoms with van der Waals surface area (Å²) in [5.74, 6) is -0.554. The molecule has 1 aromatic rings. The van der Waals surface area contributed by atoms with Crippen LogP contribution in [-0.4, -0.2) is 25.6 Å². The van der Waals surface area contributed by atoms with Gasteiger partial charge in [0, 0.05) is 13.2 Å². The van der Waals surface area contributed by atoms with E-state index in [0.717, 1.165) is 6.42 Å². The highest BCUT2D eigenvalue weighted by Crippen LogP contribution is 2.19. The zero-order valence-corrected chi connectivity index (χ0v) is 12.5. The Morgan fingerprint density at radius 3 is 2.42 bits per heavy atom. The van der Waals surface area contributed by atoms with Gasteiger partial charge in [-0.05, 0) is 17.9 Å². The zero-order valence-electron chi connectivity index (χ0n) is 11.6. The molecule has 1 heterocycles. The molecule has 1 rings (SSSR count). The highest BCUT2D eigenvalue weighted by molar-refractivity contribution is 7.89. The minimum atomic E-state index is -3.81. The fraction of sp³-hybridized carbons (Fsp3) is 0.583. The van der Waals surface area contributed by atoms with Gasteiger partial charge >= 0.3 is 5.97 Å². The molecule has 0 fully saturated rings. The fourth-order valence-corrected chi connectivity index (χ4v) is 2.00. The van der Waals surface area contributed by atoms with Crippen LogP contribution in [-0.2, 0) is 21.8 Å². The summed E-state index contributed by atoms with van der Waals surface area (Å²) in [5, 5.41) is 5.00. The average Bonchev–Trinajstić information content (AvgIpc) is 2.57. The van der Waals surface area contributed by atoms with E-state index >= 15 is 0 Å². The maximum absolute atomic E-state index is 11.8. The first kappa shape index (κ1) is 15.7. The number of aromatic nitrogens is 1. The van der Waals surface area contributed by atoms with E-state index in [4.69, 9.17) is 9.88 Å². The highest BCUT2D eigenvalue weighted by atomic mass is 32.2. The first-order chi connectivity index (χ1) is 8.50. The topological polar surface area (TPSA) is 91.4 Å². The summed E-state index contributed by atoms with van der Waals surface area (Å²) in [5.41, 5.74) is 0.234. The van der Waals surface area contributed by atoms with Gasteiger partial charge in [0.25, 0.3) is 0 Å². The molecule has 0 radical (unpaired) electrons. The summed E-state index contributed by atoms with van der Waals surface area (Å²) in [6.07, 6.45) is 2.01. The van der Waals surface area contributed by atoms with Crippen molar-refractivity contribution in [2.24, 2.45) is 17.6 Å². The van der Waals surface area contributed by atoms with Crippen molar-refractivity contribution >= 4 is 16.0 Å². The number of hydrogen-bond acceptors (Lipinski definition) is 4. The van der Waals surface area contributed by atoms with Crippen molar-refractivity contribution in [1.82, 2.24) is 4.57 Å². The van der Waals surface area contributed by atoms with E-state index in [1.54, 1.807) is 7.05 Å². The molecule has 0 aliphatic rings. The van der Waals surface area contributed by atoms with E-state index < -0.39 is 16.0 Å². The third-order valence-electron chi connectivity index (χ3n) is 2.60. The molecule has 0 amide bonds. The number of aryl methyl sites for hydroxylation is 1. The summed E-state index contributed by atoms with van der Waals surface area (Å²) in [4.78, 5) is 11.7. The van der Waals surface area contributed by atoms with Crippen molar-refractivity contribution in [1.29, 1.82) is 0 Å². The van der Waals surface area contributed by atoms with Crippen molar-refractivity contribution in [3.63, 3.8) is 0 Å². The summed E-state index contributed by atoms with van der Waals surface area (Å²) in [7, 11) is -2.25. The molecule has 0 saturated carbocycles. The van der Waals surface area contributed by atoms with Gasteiger partial charge in [0.2, 0.25) is 10.0 Å². The molecule has 0 unspecified atom stereocenters. The van der Waals surface area contributed by atoms with Crippen LogP contribution in [0.15, 0.2) is 17.2 Å². The molecule has 0 spiro atoms. The van der Waals surface area contributed by atoms with Crippen LogP contribution in [0.5, 0.6) is 0 Å². The van der Waals surface area contributed by atoms with Crippen molar-refractivity contribution in [2.45, 2.75) is 32.1 Å². The Bertz CT molecular complexity index is 567. The summed E-state index contributed by atoms with van der Waals surface area (Å²) >= 11 is 0. The van der Waals surface area contributed by atoms with Crippen molar-refractivity contribution < 1.29 is 17.9 Å². The largest absolute Gasteiger partial charge is 0.461 e. The quantitative estimate of drug-likeness (QED) is 0.844. The SMILES string of the molecule is Cn1cc(S(N)(=O)=O)cc1C(=O)OCCC(C)(C)C. The van der Waals surface area contributed by atoms with Crippen LogP contribution >= 0.6 is 0 Å². The molecule has 2 N–H and O–H groups in total. The number of esters is 1. The second-order valence-corrected chi connectivity index (χ2v) is 7.22. The molecule has 6 nitrogen and oxygen atoms in total. The molecule has 108 valence electrons. The summed E-state index contributed by atoms with van der Waals surface area (Å²) < 4.78 is 28.9. The van der Waals surface area contributed by atoms with E-state index in [2.05, 4.69) is 0 Å². The zero-order chi connectivity index (χ0) is 14.8. The maximum Gasteiger partial charge on any atom is 0.354 e. The van der Waals surface area contributed by atoms with Gasteiger partial charge in [-0.25, -0.2) is 18.4 Å².